The van der Waals surface area contributed by atoms with Crippen molar-refractivity contribution in [1.82, 2.24) is 0 Å². The van der Waals surface area contributed by atoms with Gasteiger partial charge in [-0.15, -0.1) is 0 Å². The predicted molar refractivity (Wildman–Crippen MR) is 135 cm³/mol. The Kier molecular flexibility index (Phi) is 6.43. The Morgan fingerprint density at radius 3 is 2.47 bits per heavy atom. The molecule has 3 aromatic carbocycles. The lowest BCUT2D eigenvalue weighted by atomic mass is 9.96. The topological polar surface area (TPSA) is 94.6 Å². The van der Waals surface area contributed by atoms with Crippen molar-refractivity contribution in [1.29, 1.82) is 0 Å². The van der Waals surface area contributed by atoms with E-state index in [1.807, 2.05) is 44.2 Å². The minimum atomic E-state index is -0.617. The molecule has 0 saturated carbocycles. The number of carbonyl (C=O) groups excluding carboxylic acids is 2. The quantitative estimate of drug-likeness (QED) is 0.325. The van der Waals surface area contributed by atoms with Gasteiger partial charge in [0.2, 0.25) is 5.91 Å². The predicted octanol–water partition coefficient (Wildman–Crippen LogP) is 6.21. The second kappa shape index (κ2) is 9.45. The van der Waals surface area contributed by atoms with Gasteiger partial charge in [0.05, 0.1) is 24.6 Å². The summed E-state index contributed by atoms with van der Waals surface area (Å²) in [7, 11) is 1.58. The Labute approximate surface area is 202 Å². The van der Waals surface area contributed by atoms with Crippen molar-refractivity contribution in [3.05, 3.63) is 88.6 Å². The van der Waals surface area contributed by atoms with E-state index in [1.54, 1.807) is 37.6 Å². The molecular formula is C27H23ClN2O4. The summed E-state index contributed by atoms with van der Waals surface area (Å²) in [6, 6.07) is 16.0. The molecule has 2 amide bonds. The van der Waals surface area contributed by atoms with Crippen LogP contribution in [0.25, 0.3) is 27.7 Å². The molecule has 0 fully saturated rings. The van der Waals surface area contributed by atoms with Gasteiger partial charge in [-0.25, -0.2) is 0 Å². The summed E-state index contributed by atoms with van der Waals surface area (Å²) in [6.45, 7) is 3.74. The molecule has 0 aliphatic carbocycles. The zero-order valence-electron chi connectivity index (χ0n) is 18.9. The van der Waals surface area contributed by atoms with Crippen LogP contribution < -0.4 is 15.8 Å². The Hall–Kier alpha value is -4.03. The van der Waals surface area contributed by atoms with Gasteiger partial charge in [0.25, 0.3) is 5.91 Å². The molecule has 3 N–H and O–H groups in total. The third-order valence-electron chi connectivity index (χ3n) is 5.63. The summed E-state index contributed by atoms with van der Waals surface area (Å²) in [5, 5.41) is 4.27. The number of ether oxygens (including phenoxy) is 1. The summed E-state index contributed by atoms with van der Waals surface area (Å²) in [6.07, 6.45) is 3.17. The van der Waals surface area contributed by atoms with Gasteiger partial charge in [-0.05, 0) is 55.3 Å². The molecule has 7 heteroatoms. The summed E-state index contributed by atoms with van der Waals surface area (Å²) in [4.78, 5) is 24.4. The van der Waals surface area contributed by atoms with Crippen molar-refractivity contribution in [3.63, 3.8) is 0 Å². The number of rotatable bonds is 6. The van der Waals surface area contributed by atoms with Gasteiger partial charge < -0.3 is 20.2 Å². The number of halogens is 1. The molecule has 0 bridgehead atoms. The van der Waals surface area contributed by atoms with Crippen LogP contribution in [0.2, 0.25) is 5.02 Å². The molecule has 1 heterocycles. The van der Waals surface area contributed by atoms with Crippen LogP contribution in [0.5, 0.6) is 5.75 Å². The van der Waals surface area contributed by atoms with Crippen molar-refractivity contribution in [2.45, 2.75) is 13.8 Å². The third kappa shape index (κ3) is 4.40. The van der Waals surface area contributed by atoms with Crippen LogP contribution in [-0.4, -0.2) is 18.9 Å². The summed E-state index contributed by atoms with van der Waals surface area (Å²) < 4.78 is 11.6. The fourth-order valence-electron chi connectivity index (χ4n) is 3.97. The number of nitrogens with two attached hydrogens (primary N) is 1. The molecule has 4 rings (SSSR count). The molecule has 0 spiro atoms. The van der Waals surface area contributed by atoms with Crippen molar-refractivity contribution >= 4 is 45.6 Å². The smallest absolute Gasteiger partial charge is 0.250 e. The van der Waals surface area contributed by atoms with E-state index in [1.165, 1.54) is 6.08 Å². The molecule has 6 nitrogen and oxygen atoms in total. The first-order valence-electron chi connectivity index (χ1n) is 10.5. The lowest BCUT2D eigenvalue weighted by Gasteiger charge is -2.13. The molecule has 0 aliphatic heterocycles. The van der Waals surface area contributed by atoms with E-state index in [0.29, 0.717) is 27.6 Å². The summed E-state index contributed by atoms with van der Waals surface area (Å²) in [5.41, 5.74) is 10.8. The van der Waals surface area contributed by atoms with Crippen LogP contribution in [0, 0.1) is 6.92 Å². The molecule has 34 heavy (non-hydrogen) atoms. The van der Waals surface area contributed by atoms with E-state index in [4.69, 9.17) is 26.5 Å². The van der Waals surface area contributed by atoms with E-state index < -0.39 is 11.8 Å². The average molecular weight is 475 g/mol. The summed E-state index contributed by atoms with van der Waals surface area (Å²) in [5.74, 6) is -0.395. The molecule has 0 unspecified atom stereocenters. The normalized spacial score (nSPS) is 11.5. The number of fused-ring (bicyclic) bond motifs is 1. The fourth-order valence-corrected chi connectivity index (χ4v) is 4.10. The average Bonchev–Trinajstić information content (AvgIpc) is 3.24. The van der Waals surface area contributed by atoms with Crippen molar-refractivity contribution in [2.24, 2.45) is 5.73 Å². The number of carbonyl (C=O) groups is 2. The van der Waals surface area contributed by atoms with E-state index >= 15 is 0 Å². The van der Waals surface area contributed by atoms with E-state index in [9.17, 15) is 9.59 Å². The SMILES string of the molecule is COc1c(/C(C)=C/C(=O)Nc2ccccc2C(N)=O)cc2c(-c3ccc(Cl)cc3)coc2c1C. The molecule has 1 aromatic heterocycles. The number of primary amides is 1. The number of benzene rings is 3. The fraction of sp³-hybridized carbons (Fsp3) is 0.111. The molecule has 0 aliphatic rings. The lowest BCUT2D eigenvalue weighted by molar-refractivity contribution is -0.111. The number of furan rings is 1. The molecule has 0 radical (unpaired) electrons. The largest absolute Gasteiger partial charge is 0.496 e. The molecular weight excluding hydrogens is 452 g/mol. The molecule has 0 saturated heterocycles. The number of methoxy groups -OCH3 is 1. The van der Waals surface area contributed by atoms with Crippen LogP contribution in [0.15, 0.2) is 71.4 Å². The number of anilines is 1. The number of aryl methyl sites for hydroxylation is 1. The maximum atomic E-state index is 12.8. The van der Waals surface area contributed by atoms with Crippen molar-refractivity contribution < 1.29 is 18.7 Å². The Morgan fingerprint density at radius 2 is 1.79 bits per heavy atom. The van der Waals surface area contributed by atoms with Gasteiger partial charge in [0.1, 0.15) is 11.3 Å². The van der Waals surface area contributed by atoms with Crippen LogP contribution >= 0.6 is 11.6 Å². The zero-order chi connectivity index (χ0) is 24.4. The van der Waals surface area contributed by atoms with Gasteiger partial charge in [0.15, 0.2) is 0 Å². The Bertz CT molecular complexity index is 1440. The second-order valence-corrected chi connectivity index (χ2v) is 8.28. The van der Waals surface area contributed by atoms with Crippen molar-refractivity contribution in [2.75, 3.05) is 12.4 Å². The van der Waals surface area contributed by atoms with Crippen LogP contribution in [-0.2, 0) is 4.79 Å². The van der Waals surface area contributed by atoms with Crippen molar-refractivity contribution in [3.8, 4) is 16.9 Å². The number of nitrogens with one attached hydrogen (secondary N) is 1. The van der Waals surface area contributed by atoms with Gasteiger partial charge >= 0.3 is 0 Å². The minimum Gasteiger partial charge on any atom is -0.496 e. The van der Waals surface area contributed by atoms with Crippen LogP contribution in [0.4, 0.5) is 5.69 Å². The maximum Gasteiger partial charge on any atom is 0.250 e. The first-order chi connectivity index (χ1) is 16.3. The first kappa shape index (κ1) is 23.1. The number of para-hydroxylation sites is 1. The number of hydrogen-bond donors (Lipinski definition) is 2. The monoisotopic (exact) mass is 474 g/mol. The molecule has 0 atom stereocenters. The van der Waals surface area contributed by atoms with Crippen LogP contribution in [0.3, 0.4) is 0 Å². The summed E-state index contributed by atoms with van der Waals surface area (Å²) >= 11 is 6.05. The molecule has 172 valence electrons. The van der Waals surface area contributed by atoms with E-state index in [0.717, 1.165) is 27.6 Å². The highest BCUT2D eigenvalue weighted by Crippen LogP contribution is 2.40. The van der Waals surface area contributed by atoms with Gasteiger partial charge in [-0.2, -0.15) is 0 Å². The van der Waals surface area contributed by atoms with E-state index in [-0.39, 0.29) is 5.56 Å². The maximum absolute atomic E-state index is 12.8. The molecule has 4 aromatic rings. The highest BCUT2D eigenvalue weighted by Gasteiger charge is 2.19. The first-order valence-corrected chi connectivity index (χ1v) is 10.9. The number of allylic oxidation sites excluding steroid dienone is 1. The van der Waals surface area contributed by atoms with E-state index in [2.05, 4.69) is 5.32 Å². The number of amides is 2. The standard InChI is InChI=1S/C27H23ClN2O4/c1-15(12-24(31)30-23-7-5-4-6-19(23)27(29)32)20-13-21-22(17-8-10-18(28)11-9-17)14-34-26(21)16(2)25(20)33-3/h4-14H,1-3H3,(H2,29,32)(H,30,31)/b15-12+. The Morgan fingerprint density at radius 1 is 1.09 bits per heavy atom. The zero-order valence-corrected chi connectivity index (χ0v) is 19.7. The van der Waals surface area contributed by atoms with Gasteiger partial charge in [-0.1, -0.05) is 35.9 Å². The van der Waals surface area contributed by atoms with Crippen LogP contribution in [0.1, 0.15) is 28.4 Å². The highest BCUT2D eigenvalue weighted by atomic mass is 35.5. The third-order valence-corrected chi connectivity index (χ3v) is 5.88. The minimum absolute atomic E-state index is 0.239. The van der Waals surface area contributed by atoms with Gasteiger partial charge in [0, 0.05) is 33.2 Å². The van der Waals surface area contributed by atoms with Gasteiger partial charge in [-0.3, -0.25) is 9.59 Å². The highest BCUT2D eigenvalue weighted by molar-refractivity contribution is 6.30. The second-order valence-electron chi connectivity index (χ2n) is 7.84. The Balaban J connectivity index is 1.76. The lowest BCUT2D eigenvalue weighted by Crippen LogP contribution is -2.17. The number of hydrogen-bond acceptors (Lipinski definition) is 4.